The van der Waals surface area contributed by atoms with Gasteiger partial charge in [0.05, 0.1) is 12.2 Å². The molecule has 0 atom stereocenters. The Morgan fingerprint density at radius 3 is 2.53 bits per heavy atom. The maximum atomic E-state index is 12.1. The number of carbonyl (C=O) groups excluding carboxylic acids is 2. The summed E-state index contributed by atoms with van der Waals surface area (Å²) in [7, 11) is 0. The van der Waals surface area contributed by atoms with E-state index in [-0.39, 0.29) is 6.61 Å². The summed E-state index contributed by atoms with van der Waals surface area (Å²) < 4.78 is 4.79. The molecule has 1 aromatic carbocycles. The predicted molar refractivity (Wildman–Crippen MR) is 73.5 cm³/mol. The van der Waals surface area contributed by atoms with E-state index in [1.54, 1.807) is 19.1 Å². The zero-order chi connectivity index (χ0) is 13.7. The van der Waals surface area contributed by atoms with Gasteiger partial charge in [-0.3, -0.25) is 4.79 Å². The van der Waals surface area contributed by atoms with Gasteiger partial charge in [0.25, 0.3) is 5.78 Å². The number of para-hydroxylation sites is 1. The van der Waals surface area contributed by atoms with Crippen LogP contribution in [0, 0.1) is 0 Å². The number of ketones is 1. The van der Waals surface area contributed by atoms with Gasteiger partial charge in [-0.05, 0) is 38.3 Å². The number of hydrogen-bond donors (Lipinski definition) is 0. The lowest BCUT2D eigenvalue weighted by molar-refractivity contribution is -0.137. The van der Waals surface area contributed by atoms with Crippen LogP contribution in [0.3, 0.4) is 0 Å². The lowest BCUT2D eigenvalue weighted by Crippen LogP contribution is -2.31. The first-order valence-electron chi connectivity index (χ1n) is 6.79. The fourth-order valence-electron chi connectivity index (χ4n) is 2.38. The van der Waals surface area contributed by atoms with Crippen LogP contribution in [0.4, 0.5) is 5.69 Å². The molecule has 0 bridgehead atoms. The van der Waals surface area contributed by atoms with Gasteiger partial charge in [0.2, 0.25) is 0 Å². The number of ether oxygens (including phenoxy) is 1. The first-order valence-corrected chi connectivity index (χ1v) is 6.79. The SMILES string of the molecule is CCOC(=O)C(=O)c1ccccc1N1CCCCC1. The third-order valence-corrected chi connectivity index (χ3v) is 3.31. The summed E-state index contributed by atoms with van der Waals surface area (Å²) >= 11 is 0. The van der Waals surface area contributed by atoms with Crippen LogP contribution in [-0.2, 0) is 9.53 Å². The van der Waals surface area contributed by atoms with Crippen LogP contribution < -0.4 is 4.90 Å². The molecule has 2 rings (SSSR count). The molecule has 0 aliphatic carbocycles. The molecule has 19 heavy (non-hydrogen) atoms. The predicted octanol–water partition coefficient (Wildman–Crippen LogP) is 2.42. The van der Waals surface area contributed by atoms with Gasteiger partial charge in [-0.2, -0.15) is 0 Å². The maximum Gasteiger partial charge on any atom is 0.379 e. The van der Waals surface area contributed by atoms with E-state index in [4.69, 9.17) is 4.74 Å². The highest BCUT2D eigenvalue weighted by Crippen LogP contribution is 2.24. The van der Waals surface area contributed by atoms with Crippen molar-refractivity contribution < 1.29 is 14.3 Å². The molecule has 0 N–H and O–H groups in total. The van der Waals surface area contributed by atoms with Crippen molar-refractivity contribution in [1.29, 1.82) is 0 Å². The minimum atomic E-state index is -0.771. The number of hydrogen-bond acceptors (Lipinski definition) is 4. The number of nitrogens with zero attached hydrogens (tertiary/aromatic N) is 1. The molecule has 102 valence electrons. The van der Waals surface area contributed by atoms with Crippen LogP contribution >= 0.6 is 0 Å². The molecule has 1 aliphatic heterocycles. The van der Waals surface area contributed by atoms with E-state index < -0.39 is 11.8 Å². The fourth-order valence-corrected chi connectivity index (χ4v) is 2.38. The van der Waals surface area contributed by atoms with E-state index in [0.29, 0.717) is 5.56 Å². The topological polar surface area (TPSA) is 46.6 Å². The van der Waals surface area contributed by atoms with Crippen LogP contribution in [0.2, 0.25) is 0 Å². The summed E-state index contributed by atoms with van der Waals surface area (Å²) in [6.45, 7) is 3.79. The van der Waals surface area contributed by atoms with E-state index in [9.17, 15) is 9.59 Å². The van der Waals surface area contributed by atoms with Gasteiger partial charge in [-0.1, -0.05) is 12.1 Å². The summed E-state index contributed by atoms with van der Waals surface area (Å²) in [6.07, 6.45) is 3.48. The van der Waals surface area contributed by atoms with Crippen LogP contribution in [0.1, 0.15) is 36.5 Å². The van der Waals surface area contributed by atoms with E-state index >= 15 is 0 Å². The molecule has 1 heterocycles. The number of Topliss-reactive ketones (excluding diaryl/α,β-unsaturated/α-hetero) is 1. The number of piperidine rings is 1. The van der Waals surface area contributed by atoms with Crippen LogP contribution in [0.25, 0.3) is 0 Å². The minimum Gasteiger partial charge on any atom is -0.460 e. The van der Waals surface area contributed by atoms with Crippen molar-refractivity contribution in [2.24, 2.45) is 0 Å². The summed E-state index contributed by atoms with van der Waals surface area (Å²) in [5.41, 5.74) is 1.29. The quantitative estimate of drug-likeness (QED) is 0.474. The number of esters is 1. The summed E-state index contributed by atoms with van der Waals surface area (Å²) in [4.78, 5) is 25.9. The Hall–Kier alpha value is -1.84. The highest BCUT2D eigenvalue weighted by atomic mass is 16.5. The maximum absolute atomic E-state index is 12.1. The monoisotopic (exact) mass is 261 g/mol. The average molecular weight is 261 g/mol. The Morgan fingerprint density at radius 2 is 1.84 bits per heavy atom. The highest BCUT2D eigenvalue weighted by molar-refractivity contribution is 6.41. The zero-order valence-corrected chi connectivity index (χ0v) is 11.2. The standard InChI is InChI=1S/C15H19NO3/c1-2-19-15(18)14(17)12-8-4-5-9-13(12)16-10-6-3-7-11-16/h4-5,8-9H,2-3,6-7,10-11H2,1H3. The molecule has 0 saturated carbocycles. The van der Waals surface area contributed by atoms with Gasteiger partial charge in [0.15, 0.2) is 0 Å². The van der Waals surface area contributed by atoms with Crippen molar-refractivity contribution in [3.63, 3.8) is 0 Å². The van der Waals surface area contributed by atoms with Gasteiger partial charge in [0, 0.05) is 18.8 Å². The molecule has 1 saturated heterocycles. The van der Waals surface area contributed by atoms with Gasteiger partial charge < -0.3 is 9.64 Å². The number of carbonyl (C=O) groups is 2. The summed E-state index contributed by atoms with van der Waals surface area (Å²) in [5.74, 6) is -1.32. The molecule has 0 amide bonds. The Bertz CT molecular complexity index is 464. The van der Waals surface area contributed by atoms with Gasteiger partial charge >= 0.3 is 5.97 Å². The van der Waals surface area contributed by atoms with Crippen LogP contribution in [-0.4, -0.2) is 31.4 Å². The normalized spacial score (nSPS) is 15.1. The van der Waals surface area contributed by atoms with Crippen LogP contribution in [0.15, 0.2) is 24.3 Å². The molecule has 1 aromatic rings. The Balaban J connectivity index is 2.24. The fraction of sp³-hybridized carbons (Fsp3) is 0.467. The number of rotatable bonds is 4. The molecular weight excluding hydrogens is 242 g/mol. The zero-order valence-electron chi connectivity index (χ0n) is 11.2. The molecule has 0 aromatic heterocycles. The number of anilines is 1. The highest BCUT2D eigenvalue weighted by Gasteiger charge is 2.23. The third kappa shape index (κ3) is 3.13. The second-order valence-electron chi connectivity index (χ2n) is 4.61. The molecule has 1 fully saturated rings. The van der Waals surface area contributed by atoms with Crippen molar-refractivity contribution in [1.82, 2.24) is 0 Å². The van der Waals surface area contributed by atoms with Crippen molar-refractivity contribution in [3.05, 3.63) is 29.8 Å². The van der Waals surface area contributed by atoms with Gasteiger partial charge in [0.1, 0.15) is 0 Å². The van der Waals surface area contributed by atoms with Gasteiger partial charge in [-0.25, -0.2) is 4.79 Å². The Labute approximate surface area is 113 Å². The van der Waals surface area contributed by atoms with E-state index in [1.165, 1.54) is 6.42 Å². The molecule has 0 spiro atoms. The summed E-state index contributed by atoms with van der Waals surface area (Å²) in [5, 5.41) is 0. The van der Waals surface area contributed by atoms with Crippen molar-refractivity contribution in [2.75, 3.05) is 24.6 Å². The third-order valence-electron chi connectivity index (χ3n) is 3.31. The molecule has 0 radical (unpaired) electrons. The molecular formula is C15H19NO3. The van der Waals surface area contributed by atoms with Crippen molar-refractivity contribution in [2.45, 2.75) is 26.2 Å². The lowest BCUT2D eigenvalue weighted by Gasteiger charge is -2.30. The largest absolute Gasteiger partial charge is 0.460 e. The Morgan fingerprint density at radius 1 is 1.16 bits per heavy atom. The van der Waals surface area contributed by atoms with E-state index in [2.05, 4.69) is 4.90 Å². The number of benzene rings is 1. The first-order chi connectivity index (χ1) is 9.24. The lowest BCUT2D eigenvalue weighted by atomic mass is 10.0. The smallest absolute Gasteiger partial charge is 0.379 e. The first kappa shape index (κ1) is 13.6. The van der Waals surface area contributed by atoms with Crippen LogP contribution in [0.5, 0.6) is 0 Å². The second-order valence-corrected chi connectivity index (χ2v) is 4.61. The molecule has 1 aliphatic rings. The molecule has 4 nitrogen and oxygen atoms in total. The summed E-state index contributed by atoms with van der Waals surface area (Å²) in [6, 6.07) is 7.27. The Kier molecular flexibility index (Phi) is 4.55. The van der Waals surface area contributed by atoms with E-state index in [0.717, 1.165) is 31.6 Å². The minimum absolute atomic E-state index is 0.219. The average Bonchev–Trinajstić information content (AvgIpc) is 2.47. The van der Waals surface area contributed by atoms with E-state index in [1.807, 2.05) is 12.1 Å². The molecule has 4 heteroatoms. The van der Waals surface area contributed by atoms with Crippen molar-refractivity contribution in [3.8, 4) is 0 Å². The van der Waals surface area contributed by atoms with Crippen molar-refractivity contribution >= 4 is 17.4 Å². The second kappa shape index (κ2) is 6.36. The van der Waals surface area contributed by atoms with Gasteiger partial charge in [-0.15, -0.1) is 0 Å². The molecule has 0 unspecified atom stereocenters.